The Balaban J connectivity index is 0.000000493. The summed E-state index contributed by atoms with van der Waals surface area (Å²) in [5, 5.41) is 11.3. The topological polar surface area (TPSA) is 72.9 Å². The molecule has 4 aromatic rings. The van der Waals surface area contributed by atoms with Crippen LogP contribution in [-0.2, 0) is 17.8 Å². The Morgan fingerprint density at radius 1 is 0.829 bits per heavy atom. The number of halogens is 3. The highest BCUT2D eigenvalue weighted by molar-refractivity contribution is 7.20. The van der Waals surface area contributed by atoms with Crippen molar-refractivity contribution in [3.8, 4) is 0 Å². The van der Waals surface area contributed by atoms with Crippen molar-refractivity contribution < 1.29 is 27.9 Å². The van der Waals surface area contributed by atoms with Crippen molar-refractivity contribution in [2.24, 2.45) is 0 Å². The van der Waals surface area contributed by atoms with Gasteiger partial charge in [0.1, 0.15) is 0 Å². The normalized spacial score (nSPS) is 14.6. The molecule has 0 unspecified atom stereocenters. The molecule has 41 heavy (non-hydrogen) atoms. The summed E-state index contributed by atoms with van der Waals surface area (Å²) in [6.45, 7) is 6.49. The Morgan fingerprint density at radius 2 is 1.49 bits per heavy atom. The van der Waals surface area contributed by atoms with Crippen LogP contribution in [0.25, 0.3) is 10.1 Å². The number of carbonyl (C=O) groups is 2. The lowest BCUT2D eigenvalue weighted by atomic mass is 10.1. The second kappa shape index (κ2) is 14.2. The summed E-state index contributed by atoms with van der Waals surface area (Å²) in [5.74, 6) is -2.80. The molecule has 2 N–H and O–H groups in total. The van der Waals surface area contributed by atoms with Crippen LogP contribution in [0.3, 0.4) is 0 Å². The number of thiophene rings is 1. The van der Waals surface area contributed by atoms with Crippen LogP contribution in [0.15, 0.2) is 84.9 Å². The molecule has 0 bridgehead atoms. The fourth-order valence-corrected chi connectivity index (χ4v) is 5.59. The maximum Gasteiger partial charge on any atom is 0.490 e. The van der Waals surface area contributed by atoms with Crippen LogP contribution in [0.4, 0.5) is 18.9 Å². The number of anilines is 1. The van der Waals surface area contributed by atoms with Crippen LogP contribution in [0, 0.1) is 0 Å². The lowest BCUT2D eigenvalue weighted by molar-refractivity contribution is -0.192. The van der Waals surface area contributed by atoms with Crippen molar-refractivity contribution in [2.45, 2.75) is 25.6 Å². The van der Waals surface area contributed by atoms with Crippen LogP contribution in [0.1, 0.15) is 27.2 Å². The molecule has 1 aliphatic heterocycles. The molecule has 1 aromatic heterocycles. The van der Waals surface area contributed by atoms with E-state index in [-0.39, 0.29) is 5.91 Å². The van der Waals surface area contributed by atoms with Gasteiger partial charge in [0, 0.05) is 36.6 Å². The molecule has 10 heteroatoms. The van der Waals surface area contributed by atoms with Crippen LogP contribution in [0.5, 0.6) is 0 Å². The highest BCUT2D eigenvalue weighted by atomic mass is 32.1. The minimum absolute atomic E-state index is 0.0396. The maximum atomic E-state index is 12.8. The van der Waals surface area contributed by atoms with Gasteiger partial charge in [-0.25, -0.2) is 4.79 Å². The van der Waals surface area contributed by atoms with Crippen LogP contribution in [-0.4, -0.2) is 65.7 Å². The van der Waals surface area contributed by atoms with Crippen molar-refractivity contribution in [1.29, 1.82) is 0 Å². The van der Waals surface area contributed by atoms with Gasteiger partial charge in [-0.3, -0.25) is 9.69 Å². The van der Waals surface area contributed by atoms with Gasteiger partial charge >= 0.3 is 12.1 Å². The number of benzene rings is 3. The standard InChI is InChI=1S/C29H31N3OS.C2HF3O2/c33-29(28-21-25-11-4-5-13-27(25)34-28)30-26-12-6-10-24(20-26)22-32-16-7-15-31(18-19-32)17-14-23-8-2-1-3-9-23;3-2(4,5)1(6)7/h1-6,8-13,20-21H,7,14-19,22H2,(H,30,33);(H,6,7). The molecule has 0 radical (unpaired) electrons. The zero-order valence-electron chi connectivity index (χ0n) is 22.4. The van der Waals surface area contributed by atoms with Gasteiger partial charge < -0.3 is 15.3 Å². The summed E-state index contributed by atoms with van der Waals surface area (Å²) < 4.78 is 32.9. The third-order valence-corrected chi connectivity index (χ3v) is 7.84. The zero-order chi connectivity index (χ0) is 29.2. The van der Waals surface area contributed by atoms with E-state index < -0.39 is 12.1 Å². The summed E-state index contributed by atoms with van der Waals surface area (Å²) in [4.78, 5) is 27.6. The Hall–Kier alpha value is -3.73. The summed E-state index contributed by atoms with van der Waals surface area (Å²) in [7, 11) is 0. The predicted molar refractivity (Wildman–Crippen MR) is 156 cm³/mol. The molecule has 0 aliphatic carbocycles. The van der Waals surface area contributed by atoms with Gasteiger partial charge in [0.25, 0.3) is 5.91 Å². The number of amides is 1. The second-order valence-electron chi connectivity index (χ2n) is 9.81. The molecule has 1 aliphatic rings. The van der Waals surface area contributed by atoms with Crippen molar-refractivity contribution in [2.75, 3.05) is 38.0 Å². The fraction of sp³-hybridized carbons (Fsp3) is 0.290. The van der Waals surface area contributed by atoms with E-state index in [1.54, 1.807) is 0 Å². The van der Waals surface area contributed by atoms with Crippen LogP contribution in [0.2, 0.25) is 0 Å². The lowest BCUT2D eigenvalue weighted by Crippen LogP contribution is -2.31. The summed E-state index contributed by atoms with van der Waals surface area (Å²) in [6.07, 6.45) is -2.78. The van der Waals surface area contributed by atoms with E-state index in [1.165, 1.54) is 28.9 Å². The second-order valence-corrected chi connectivity index (χ2v) is 10.9. The van der Waals surface area contributed by atoms with Gasteiger partial charge in [-0.15, -0.1) is 11.3 Å². The monoisotopic (exact) mass is 583 g/mol. The van der Waals surface area contributed by atoms with Crippen LogP contribution < -0.4 is 5.32 Å². The van der Waals surface area contributed by atoms with Crippen molar-refractivity contribution in [3.63, 3.8) is 0 Å². The molecule has 5 rings (SSSR count). The van der Waals surface area contributed by atoms with E-state index >= 15 is 0 Å². The first-order valence-electron chi connectivity index (χ1n) is 13.3. The highest BCUT2D eigenvalue weighted by Gasteiger charge is 2.38. The van der Waals surface area contributed by atoms with E-state index in [0.29, 0.717) is 0 Å². The number of rotatable bonds is 7. The number of nitrogens with zero attached hydrogens (tertiary/aromatic N) is 2. The van der Waals surface area contributed by atoms with Gasteiger partial charge in [0.2, 0.25) is 0 Å². The predicted octanol–water partition coefficient (Wildman–Crippen LogP) is 6.54. The largest absolute Gasteiger partial charge is 0.490 e. The molecule has 3 aromatic carbocycles. The first-order chi connectivity index (χ1) is 19.7. The Bertz CT molecular complexity index is 1410. The molecular weight excluding hydrogens is 551 g/mol. The molecule has 0 spiro atoms. The van der Waals surface area contributed by atoms with E-state index in [1.807, 2.05) is 36.4 Å². The Morgan fingerprint density at radius 3 is 2.22 bits per heavy atom. The molecule has 0 atom stereocenters. The smallest absolute Gasteiger partial charge is 0.475 e. The first kappa shape index (κ1) is 30.2. The number of fused-ring (bicyclic) bond motifs is 1. The molecule has 6 nitrogen and oxygen atoms in total. The number of carbonyl (C=O) groups excluding carboxylic acids is 1. The Labute approximate surface area is 241 Å². The highest BCUT2D eigenvalue weighted by Crippen LogP contribution is 2.26. The van der Waals surface area contributed by atoms with Crippen molar-refractivity contribution >= 4 is 39.0 Å². The van der Waals surface area contributed by atoms with Crippen molar-refractivity contribution in [1.82, 2.24) is 9.80 Å². The minimum atomic E-state index is -5.08. The van der Waals surface area contributed by atoms with E-state index in [0.717, 1.165) is 66.3 Å². The molecule has 216 valence electrons. The van der Waals surface area contributed by atoms with E-state index in [2.05, 4.69) is 63.6 Å². The molecule has 1 fully saturated rings. The minimum Gasteiger partial charge on any atom is -0.475 e. The molecule has 2 heterocycles. The number of alkyl halides is 3. The third-order valence-electron chi connectivity index (χ3n) is 6.72. The number of carboxylic acid groups (broad SMARTS) is 1. The fourth-order valence-electron chi connectivity index (χ4n) is 4.63. The number of aliphatic carboxylic acids is 1. The van der Waals surface area contributed by atoms with Gasteiger partial charge in [-0.2, -0.15) is 13.2 Å². The average Bonchev–Trinajstić information content (AvgIpc) is 3.27. The van der Waals surface area contributed by atoms with Gasteiger partial charge in [0.05, 0.1) is 4.88 Å². The lowest BCUT2D eigenvalue weighted by Gasteiger charge is -2.22. The van der Waals surface area contributed by atoms with Gasteiger partial charge in [-0.1, -0.05) is 60.7 Å². The number of carboxylic acids is 1. The first-order valence-corrected chi connectivity index (χ1v) is 14.2. The number of nitrogens with one attached hydrogen (secondary N) is 1. The van der Waals surface area contributed by atoms with Crippen LogP contribution >= 0.6 is 11.3 Å². The summed E-state index contributed by atoms with van der Waals surface area (Å²) >= 11 is 1.54. The zero-order valence-corrected chi connectivity index (χ0v) is 23.3. The molecule has 0 saturated carbocycles. The van der Waals surface area contributed by atoms with Crippen molar-refractivity contribution in [3.05, 3.63) is 101 Å². The van der Waals surface area contributed by atoms with Gasteiger partial charge in [-0.05, 0) is 66.7 Å². The summed E-state index contributed by atoms with van der Waals surface area (Å²) in [5.41, 5.74) is 3.52. The Kier molecular flexibility index (Phi) is 10.5. The van der Waals surface area contributed by atoms with Gasteiger partial charge in [0.15, 0.2) is 0 Å². The number of hydrogen-bond acceptors (Lipinski definition) is 5. The quantitative estimate of drug-likeness (QED) is 0.259. The summed E-state index contributed by atoms with van der Waals surface area (Å²) in [6, 6.07) is 29.1. The number of hydrogen-bond donors (Lipinski definition) is 2. The SMILES string of the molecule is O=C(Nc1cccc(CN2CCCN(CCc3ccccc3)CC2)c1)c1cc2ccccc2s1.O=C(O)C(F)(F)F. The van der Waals surface area contributed by atoms with E-state index in [4.69, 9.17) is 9.90 Å². The third kappa shape index (κ3) is 9.41. The maximum absolute atomic E-state index is 12.8. The molecule has 1 saturated heterocycles. The molecule has 1 amide bonds. The molecular formula is C31H32F3N3O3S. The van der Waals surface area contributed by atoms with E-state index in [9.17, 15) is 18.0 Å². The average molecular weight is 584 g/mol.